The molecule has 2 unspecified atom stereocenters. The van der Waals surface area contributed by atoms with Crippen molar-refractivity contribution in [3.63, 3.8) is 0 Å². The molecule has 1 heterocycles. The second-order valence-electron chi connectivity index (χ2n) is 4.33. The van der Waals surface area contributed by atoms with Crippen LogP contribution in [0.15, 0.2) is 0 Å². The van der Waals surface area contributed by atoms with Gasteiger partial charge in [-0.2, -0.15) is 0 Å². The summed E-state index contributed by atoms with van der Waals surface area (Å²) in [6, 6.07) is 1.79. The lowest BCUT2D eigenvalue weighted by Crippen LogP contribution is -2.31. The average molecular weight is 168 g/mol. The molecule has 1 saturated carbocycles. The standard InChI is InChI=1S/C10H20N2/c1-2-9-5-8(6-11)7-12(9)10-3-4-10/h8-10H,2-7,11H2,1H3. The lowest BCUT2D eigenvalue weighted by atomic mass is 10.0. The Morgan fingerprint density at radius 2 is 2.17 bits per heavy atom. The van der Waals surface area contributed by atoms with Gasteiger partial charge in [0, 0.05) is 18.6 Å². The molecule has 1 aliphatic carbocycles. The van der Waals surface area contributed by atoms with Crippen LogP contribution in [0.3, 0.4) is 0 Å². The van der Waals surface area contributed by atoms with Crippen molar-refractivity contribution in [3.8, 4) is 0 Å². The highest BCUT2D eigenvalue weighted by Gasteiger charge is 2.39. The van der Waals surface area contributed by atoms with Gasteiger partial charge in [-0.15, -0.1) is 0 Å². The van der Waals surface area contributed by atoms with Crippen molar-refractivity contribution in [3.05, 3.63) is 0 Å². The number of likely N-dealkylation sites (tertiary alicyclic amines) is 1. The van der Waals surface area contributed by atoms with Crippen LogP contribution < -0.4 is 5.73 Å². The zero-order valence-corrected chi connectivity index (χ0v) is 8.00. The fraction of sp³-hybridized carbons (Fsp3) is 1.00. The molecule has 2 aliphatic rings. The maximum atomic E-state index is 5.71. The van der Waals surface area contributed by atoms with Crippen molar-refractivity contribution in [2.24, 2.45) is 11.7 Å². The van der Waals surface area contributed by atoms with Crippen LogP contribution in [0.4, 0.5) is 0 Å². The normalized spacial score (nSPS) is 37.5. The third kappa shape index (κ3) is 1.50. The number of hydrogen-bond donors (Lipinski definition) is 1. The molecule has 0 aromatic carbocycles. The minimum absolute atomic E-state index is 0.788. The first-order valence-corrected chi connectivity index (χ1v) is 5.31. The Balaban J connectivity index is 1.92. The van der Waals surface area contributed by atoms with E-state index in [0.29, 0.717) is 0 Å². The molecular weight excluding hydrogens is 148 g/mol. The van der Waals surface area contributed by atoms with E-state index in [-0.39, 0.29) is 0 Å². The van der Waals surface area contributed by atoms with E-state index in [1.807, 2.05) is 0 Å². The summed E-state index contributed by atoms with van der Waals surface area (Å²) in [6.07, 6.45) is 5.54. The average Bonchev–Trinajstić information content (AvgIpc) is 2.85. The van der Waals surface area contributed by atoms with Gasteiger partial charge in [0.15, 0.2) is 0 Å². The van der Waals surface area contributed by atoms with E-state index < -0.39 is 0 Å². The topological polar surface area (TPSA) is 29.3 Å². The second-order valence-corrected chi connectivity index (χ2v) is 4.33. The molecule has 2 N–H and O–H groups in total. The SMILES string of the molecule is CCC1CC(CN)CN1C1CC1. The summed E-state index contributed by atoms with van der Waals surface area (Å²) in [5.74, 6) is 0.788. The Hall–Kier alpha value is -0.0800. The van der Waals surface area contributed by atoms with Crippen LogP contribution in [-0.4, -0.2) is 30.1 Å². The lowest BCUT2D eigenvalue weighted by molar-refractivity contribution is 0.235. The van der Waals surface area contributed by atoms with Gasteiger partial charge in [-0.1, -0.05) is 6.92 Å². The van der Waals surface area contributed by atoms with E-state index in [4.69, 9.17) is 5.73 Å². The van der Waals surface area contributed by atoms with Gasteiger partial charge >= 0.3 is 0 Å². The van der Waals surface area contributed by atoms with E-state index in [1.165, 1.54) is 32.2 Å². The third-order valence-electron chi connectivity index (χ3n) is 3.36. The Morgan fingerprint density at radius 3 is 2.67 bits per heavy atom. The number of nitrogens with two attached hydrogens (primary N) is 1. The molecule has 0 amide bonds. The molecule has 2 atom stereocenters. The van der Waals surface area contributed by atoms with Gasteiger partial charge in [0.1, 0.15) is 0 Å². The Bertz CT molecular complexity index is 154. The first-order chi connectivity index (χ1) is 5.85. The van der Waals surface area contributed by atoms with Crippen LogP contribution in [0.5, 0.6) is 0 Å². The lowest BCUT2D eigenvalue weighted by Gasteiger charge is -2.22. The summed E-state index contributed by atoms with van der Waals surface area (Å²) in [4.78, 5) is 2.71. The summed E-state index contributed by atoms with van der Waals surface area (Å²) in [5, 5.41) is 0. The fourth-order valence-electron chi connectivity index (χ4n) is 2.47. The van der Waals surface area contributed by atoms with Crippen LogP contribution in [0.1, 0.15) is 32.6 Å². The van der Waals surface area contributed by atoms with Crippen molar-refractivity contribution in [1.82, 2.24) is 4.90 Å². The quantitative estimate of drug-likeness (QED) is 0.686. The van der Waals surface area contributed by atoms with E-state index in [0.717, 1.165) is 24.5 Å². The molecule has 0 radical (unpaired) electrons. The molecule has 2 nitrogen and oxygen atoms in total. The van der Waals surface area contributed by atoms with Crippen molar-refractivity contribution >= 4 is 0 Å². The van der Waals surface area contributed by atoms with Crippen LogP contribution >= 0.6 is 0 Å². The molecule has 1 aliphatic heterocycles. The first kappa shape index (κ1) is 8.52. The summed E-state index contributed by atoms with van der Waals surface area (Å²) < 4.78 is 0. The molecule has 0 aromatic heterocycles. The van der Waals surface area contributed by atoms with Crippen molar-refractivity contribution < 1.29 is 0 Å². The molecule has 70 valence electrons. The second kappa shape index (κ2) is 3.35. The van der Waals surface area contributed by atoms with Gasteiger partial charge in [-0.25, -0.2) is 0 Å². The summed E-state index contributed by atoms with van der Waals surface area (Å²) in [7, 11) is 0. The minimum atomic E-state index is 0.788. The van der Waals surface area contributed by atoms with Crippen LogP contribution in [-0.2, 0) is 0 Å². The van der Waals surface area contributed by atoms with E-state index in [9.17, 15) is 0 Å². The predicted octanol–water partition coefficient (Wildman–Crippen LogP) is 1.21. The van der Waals surface area contributed by atoms with Gasteiger partial charge in [-0.3, -0.25) is 4.90 Å². The summed E-state index contributed by atoms with van der Waals surface area (Å²) in [6.45, 7) is 4.47. The molecule has 12 heavy (non-hydrogen) atoms. The van der Waals surface area contributed by atoms with Crippen LogP contribution in [0.25, 0.3) is 0 Å². The fourth-order valence-corrected chi connectivity index (χ4v) is 2.47. The van der Waals surface area contributed by atoms with Gasteiger partial charge in [0.25, 0.3) is 0 Å². The van der Waals surface area contributed by atoms with Gasteiger partial charge < -0.3 is 5.73 Å². The van der Waals surface area contributed by atoms with Gasteiger partial charge in [0.2, 0.25) is 0 Å². The monoisotopic (exact) mass is 168 g/mol. The van der Waals surface area contributed by atoms with E-state index >= 15 is 0 Å². The maximum Gasteiger partial charge on any atom is 0.00994 e. The molecule has 1 saturated heterocycles. The molecule has 0 bridgehead atoms. The number of nitrogens with zero attached hydrogens (tertiary/aromatic N) is 1. The predicted molar refractivity (Wildman–Crippen MR) is 51.0 cm³/mol. The molecule has 2 heteroatoms. The number of hydrogen-bond acceptors (Lipinski definition) is 2. The molecule has 0 aromatic rings. The first-order valence-electron chi connectivity index (χ1n) is 5.31. The zero-order valence-electron chi connectivity index (χ0n) is 8.00. The highest BCUT2D eigenvalue weighted by atomic mass is 15.2. The Labute approximate surface area is 75.1 Å². The van der Waals surface area contributed by atoms with Crippen LogP contribution in [0, 0.1) is 5.92 Å². The van der Waals surface area contributed by atoms with E-state index in [1.54, 1.807) is 0 Å². The minimum Gasteiger partial charge on any atom is -0.330 e. The Morgan fingerprint density at radius 1 is 1.42 bits per heavy atom. The van der Waals surface area contributed by atoms with Crippen LogP contribution in [0.2, 0.25) is 0 Å². The smallest absolute Gasteiger partial charge is 0.00994 e. The molecular formula is C10H20N2. The summed E-state index contributed by atoms with van der Waals surface area (Å²) in [5.41, 5.74) is 5.71. The van der Waals surface area contributed by atoms with Crippen molar-refractivity contribution in [1.29, 1.82) is 0 Å². The molecule has 0 spiro atoms. The highest BCUT2D eigenvalue weighted by Crippen LogP contribution is 2.36. The van der Waals surface area contributed by atoms with E-state index in [2.05, 4.69) is 11.8 Å². The zero-order chi connectivity index (χ0) is 8.55. The Kier molecular flexibility index (Phi) is 2.37. The van der Waals surface area contributed by atoms with Crippen molar-refractivity contribution in [2.75, 3.05) is 13.1 Å². The number of rotatable bonds is 3. The molecule has 2 rings (SSSR count). The highest BCUT2D eigenvalue weighted by molar-refractivity contribution is 4.94. The third-order valence-corrected chi connectivity index (χ3v) is 3.36. The van der Waals surface area contributed by atoms with Crippen molar-refractivity contribution in [2.45, 2.75) is 44.7 Å². The summed E-state index contributed by atoms with van der Waals surface area (Å²) >= 11 is 0. The largest absolute Gasteiger partial charge is 0.330 e. The molecule has 2 fully saturated rings. The van der Waals surface area contributed by atoms with Gasteiger partial charge in [-0.05, 0) is 38.1 Å². The maximum absolute atomic E-state index is 5.71. The van der Waals surface area contributed by atoms with Gasteiger partial charge in [0.05, 0.1) is 0 Å².